The molecule has 234 valence electrons. The molecular weight excluding hydrogens is 609 g/mol. The van der Waals surface area contributed by atoms with Crippen molar-refractivity contribution in [2.75, 3.05) is 0 Å². The van der Waals surface area contributed by atoms with Gasteiger partial charge in [0.2, 0.25) is 0 Å². The topological polar surface area (TPSA) is 51.6 Å². The number of rotatable bonds is 6. The zero-order valence-corrected chi connectivity index (χ0v) is 27.1. The van der Waals surface area contributed by atoms with Crippen LogP contribution in [-0.2, 0) is 0 Å². The van der Waals surface area contributed by atoms with Crippen molar-refractivity contribution in [1.29, 1.82) is 0 Å². The maximum atomic E-state index is 5.23. The van der Waals surface area contributed by atoms with Crippen LogP contribution in [0, 0.1) is 0 Å². The summed E-state index contributed by atoms with van der Waals surface area (Å²) >= 11 is 0. The minimum absolute atomic E-state index is 0.707. The number of aromatic nitrogens is 4. The Labute approximate surface area is 290 Å². The molecule has 0 N–H and O–H groups in total. The maximum absolute atomic E-state index is 5.23. The fourth-order valence-corrected chi connectivity index (χ4v) is 6.69. The van der Waals surface area contributed by atoms with Crippen LogP contribution in [0.25, 0.3) is 89.2 Å². The lowest BCUT2D eigenvalue weighted by Crippen LogP contribution is -1.96. The van der Waals surface area contributed by atoms with Gasteiger partial charge in [-0.05, 0) is 41.5 Å². The Bertz CT molecular complexity index is 2550. The van der Waals surface area contributed by atoms with E-state index in [4.69, 9.17) is 19.9 Å². The Hall–Kier alpha value is -6.78. The average molecular weight is 639 g/mol. The van der Waals surface area contributed by atoms with Crippen LogP contribution in [0.15, 0.2) is 182 Å². The van der Waals surface area contributed by atoms with E-state index in [1.165, 1.54) is 0 Å². The molecule has 0 amide bonds. The Morgan fingerprint density at radius 3 is 1.62 bits per heavy atom. The van der Waals surface area contributed by atoms with Crippen LogP contribution in [0.1, 0.15) is 0 Å². The first-order chi connectivity index (χ1) is 24.8. The van der Waals surface area contributed by atoms with Gasteiger partial charge >= 0.3 is 0 Å². The average Bonchev–Trinajstić information content (AvgIpc) is 3.21. The maximum Gasteiger partial charge on any atom is 0.160 e. The number of pyridine rings is 2. The third-order valence-corrected chi connectivity index (χ3v) is 9.15. The molecule has 0 aliphatic rings. The molecule has 0 bridgehead atoms. The quantitative estimate of drug-likeness (QED) is 0.170. The summed E-state index contributed by atoms with van der Waals surface area (Å²) in [5.41, 5.74) is 12.1. The van der Waals surface area contributed by atoms with E-state index in [9.17, 15) is 0 Å². The highest BCUT2D eigenvalue weighted by molar-refractivity contribution is 6.17. The molecule has 0 aliphatic carbocycles. The van der Waals surface area contributed by atoms with Crippen LogP contribution in [0.5, 0.6) is 0 Å². The zero-order chi connectivity index (χ0) is 33.3. The fraction of sp³-hybridized carbons (Fsp3) is 0. The molecule has 3 heterocycles. The largest absolute Gasteiger partial charge is 0.256 e. The van der Waals surface area contributed by atoms with Crippen LogP contribution in [0.4, 0.5) is 0 Å². The molecule has 50 heavy (non-hydrogen) atoms. The van der Waals surface area contributed by atoms with Crippen molar-refractivity contribution in [3.05, 3.63) is 182 Å². The van der Waals surface area contributed by atoms with Crippen LogP contribution in [0.3, 0.4) is 0 Å². The monoisotopic (exact) mass is 638 g/mol. The molecule has 0 radical (unpaired) electrons. The lowest BCUT2D eigenvalue weighted by atomic mass is 9.93. The summed E-state index contributed by atoms with van der Waals surface area (Å²) in [6, 6.07) is 60.7. The first kappa shape index (κ1) is 29.4. The van der Waals surface area contributed by atoms with Gasteiger partial charge in [-0.1, -0.05) is 146 Å². The normalized spacial score (nSPS) is 11.2. The highest BCUT2D eigenvalue weighted by atomic mass is 14.9. The lowest BCUT2D eigenvalue weighted by molar-refractivity contribution is 1.18. The molecule has 4 nitrogen and oxygen atoms in total. The van der Waals surface area contributed by atoms with Gasteiger partial charge in [0.05, 0.1) is 28.3 Å². The molecule has 0 saturated heterocycles. The molecular formula is C46H30N4. The van der Waals surface area contributed by atoms with E-state index in [1.807, 2.05) is 60.8 Å². The van der Waals surface area contributed by atoms with Crippen molar-refractivity contribution in [2.24, 2.45) is 0 Å². The molecule has 0 spiro atoms. The summed E-state index contributed by atoms with van der Waals surface area (Å²) in [6.45, 7) is 0. The third-order valence-electron chi connectivity index (χ3n) is 9.15. The van der Waals surface area contributed by atoms with E-state index in [1.54, 1.807) is 0 Å². The highest BCUT2D eigenvalue weighted by Gasteiger charge is 2.16. The molecule has 0 atom stereocenters. The van der Waals surface area contributed by atoms with Gasteiger partial charge in [-0.25, -0.2) is 15.0 Å². The van der Waals surface area contributed by atoms with E-state index >= 15 is 0 Å². The standard InChI is InChI=1S/C46H30N4/c1-4-13-32(14-5-1)42-30-43(50-46(49-42)35-17-8-3-9-18-35)33-24-22-31(23-25-33)36-26-27-41-39(29-36)44-37(40-21-10-11-28-47-40)19-12-20-38(44)45(48-41)34-15-6-2-7-16-34/h1-30H. The van der Waals surface area contributed by atoms with Crippen LogP contribution in [-0.4, -0.2) is 19.9 Å². The summed E-state index contributed by atoms with van der Waals surface area (Å²) in [4.78, 5) is 20.0. The summed E-state index contributed by atoms with van der Waals surface area (Å²) < 4.78 is 0. The summed E-state index contributed by atoms with van der Waals surface area (Å²) in [6.07, 6.45) is 1.85. The van der Waals surface area contributed by atoms with E-state index in [0.717, 1.165) is 83.4 Å². The van der Waals surface area contributed by atoms with E-state index in [-0.39, 0.29) is 0 Å². The van der Waals surface area contributed by atoms with E-state index < -0.39 is 0 Å². The summed E-state index contributed by atoms with van der Waals surface area (Å²) in [5.74, 6) is 0.707. The minimum Gasteiger partial charge on any atom is -0.256 e. The van der Waals surface area contributed by atoms with Crippen molar-refractivity contribution in [3.63, 3.8) is 0 Å². The summed E-state index contributed by atoms with van der Waals surface area (Å²) in [7, 11) is 0. The van der Waals surface area contributed by atoms with E-state index in [0.29, 0.717) is 5.82 Å². The van der Waals surface area contributed by atoms with Gasteiger partial charge in [0.25, 0.3) is 0 Å². The van der Waals surface area contributed by atoms with Gasteiger partial charge in [-0.15, -0.1) is 0 Å². The smallest absolute Gasteiger partial charge is 0.160 e. The Balaban J connectivity index is 1.17. The summed E-state index contributed by atoms with van der Waals surface area (Å²) in [5, 5.41) is 3.35. The number of hydrogen-bond acceptors (Lipinski definition) is 4. The van der Waals surface area contributed by atoms with Crippen molar-refractivity contribution < 1.29 is 0 Å². The predicted molar refractivity (Wildman–Crippen MR) is 205 cm³/mol. The lowest BCUT2D eigenvalue weighted by Gasteiger charge is -2.15. The van der Waals surface area contributed by atoms with Crippen molar-refractivity contribution in [1.82, 2.24) is 19.9 Å². The zero-order valence-electron chi connectivity index (χ0n) is 27.1. The first-order valence-electron chi connectivity index (χ1n) is 16.7. The van der Waals surface area contributed by atoms with Crippen LogP contribution in [0.2, 0.25) is 0 Å². The molecule has 9 rings (SSSR count). The molecule has 3 aromatic heterocycles. The molecule has 0 saturated carbocycles. The highest BCUT2D eigenvalue weighted by Crippen LogP contribution is 2.39. The Kier molecular flexibility index (Phi) is 7.45. The molecule has 0 unspecified atom stereocenters. The van der Waals surface area contributed by atoms with Gasteiger partial charge < -0.3 is 0 Å². The SMILES string of the molecule is c1ccc(-c2cc(-c3ccc(-c4ccc5nc(-c6ccccc6)c6cccc(-c7ccccn7)c6c5c4)cc3)nc(-c3ccccc3)n2)cc1. The second-order valence-electron chi connectivity index (χ2n) is 12.3. The molecule has 6 aromatic carbocycles. The minimum atomic E-state index is 0.707. The second-order valence-corrected chi connectivity index (χ2v) is 12.3. The van der Waals surface area contributed by atoms with Crippen molar-refractivity contribution >= 4 is 21.7 Å². The first-order valence-corrected chi connectivity index (χ1v) is 16.7. The van der Waals surface area contributed by atoms with Crippen LogP contribution < -0.4 is 0 Å². The van der Waals surface area contributed by atoms with Crippen molar-refractivity contribution in [3.8, 4) is 67.5 Å². The van der Waals surface area contributed by atoms with Gasteiger partial charge in [0.15, 0.2) is 5.82 Å². The second kappa shape index (κ2) is 12.7. The predicted octanol–water partition coefficient (Wildman–Crippen LogP) is 11.6. The number of nitrogens with zero attached hydrogens (tertiary/aromatic N) is 4. The number of benzene rings is 6. The van der Waals surface area contributed by atoms with Gasteiger partial charge in [0, 0.05) is 50.2 Å². The molecule has 0 aliphatic heterocycles. The fourth-order valence-electron chi connectivity index (χ4n) is 6.69. The molecule has 9 aromatic rings. The van der Waals surface area contributed by atoms with Gasteiger partial charge in [-0.3, -0.25) is 4.98 Å². The van der Waals surface area contributed by atoms with E-state index in [2.05, 4.69) is 121 Å². The molecule has 4 heteroatoms. The third kappa shape index (κ3) is 5.49. The number of fused-ring (bicyclic) bond motifs is 3. The van der Waals surface area contributed by atoms with Gasteiger partial charge in [-0.2, -0.15) is 0 Å². The number of hydrogen-bond donors (Lipinski definition) is 0. The van der Waals surface area contributed by atoms with Gasteiger partial charge in [0.1, 0.15) is 0 Å². The Morgan fingerprint density at radius 1 is 0.340 bits per heavy atom. The van der Waals surface area contributed by atoms with Crippen molar-refractivity contribution in [2.45, 2.75) is 0 Å². The van der Waals surface area contributed by atoms with Crippen LogP contribution >= 0.6 is 0 Å². The Morgan fingerprint density at radius 2 is 0.940 bits per heavy atom. The molecule has 0 fully saturated rings.